The van der Waals surface area contributed by atoms with Crippen LogP contribution in [0.5, 0.6) is 0 Å². The number of rotatable bonds is 7. The van der Waals surface area contributed by atoms with Crippen LogP contribution in [0.1, 0.15) is 37.8 Å². The summed E-state index contributed by atoms with van der Waals surface area (Å²) in [5.41, 5.74) is 2.58. The van der Waals surface area contributed by atoms with Gasteiger partial charge in [0.15, 0.2) is 0 Å². The Labute approximate surface area is 105 Å². The molecule has 0 bridgehead atoms. The van der Waals surface area contributed by atoms with Gasteiger partial charge in [-0.3, -0.25) is 0 Å². The van der Waals surface area contributed by atoms with Crippen LogP contribution in [0.25, 0.3) is 0 Å². The molecule has 0 unspecified atom stereocenters. The molecule has 1 N–H and O–H groups in total. The highest BCUT2D eigenvalue weighted by atomic mass is 16.5. The molecule has 2 nitrogen and oxygen atoms in total. The van der Waals surface area contributed by atoms with Gasteiger partial charge in [-0.1, -0.05) is 29.8 Å². The maximum absolute atomic E-state index is 8.74. The van der Waals surface area contributed by atoms with Gasteiger partial charge in [-0.15, -0.1) is 0 Å². The van der Waals surface area contributed by atoms with Crippen LogP contribution in [0, 0.1) is 6.92 Å². The normalized spacial score (nSPS) is 11.8. The minimum Gasteiger partial charge on any atom is -0.394 e. The SMILES string of the molecule is Cc1cccc(CCCC(C)(C)OCCO)c1. The maximum atomic E-state index is 8.74. The third kappa shape index (κ3) is 5.85. The predicted octanol–water partition coefficient (Wildman–Crippen LogP) is 3.11. The van der Waals surface area contributed by atoms with Crippen molar-refractivity contribution in [3.05, 3.63) is 35.4 Å². The average molecular weight is 236 g/mol. The van der Waals surface area contributed by atoms with Crippen LogP contribution in [0.2, 0.25) is 0 Å². The fourth-order valence-electron chi connectivity index (χ4n) is 1.98. The summed E-state index contributed by atoms with van der Waals surface area (Å²) < 4.78 is 5.59. The summed E-state index contributed by atoms with van der Waals surface area (Å²) in [6.45, 7) is 6.81. The molecule has 0 aromatic heterocycles. The Hall–Kier alpha value is -0.860. The third-order valence-electron chi connectivity index (χ3n) is 2.91. The first-order valence-corrected chi connectivity index (χ1v) is 6.34. The number of benzene rings is 1. The van der Waals surface area contributed by atoms with E-state index in [2.05, 4.69) is 45.0 Å². The van der Waals surface area contributed by atoms with Crippen molar-refractivity contribution in [1.82, 2.24) is 0 Å². The summed E-state index contributed by atoms with van der Waals surface area (Å²) in [4.78, 5) is 0. The summed E-state index contributed by atoms with van der Waals surface area (Å²) in [5.74, 6) is 0. The molecule has 0 heterocycles. The molecule has 0 aliphatic carbocycles. The second kappa shape index (κ2) is 6.77. The zero-order valence-corrected chi connectivity index (χ0v) is 11.2. The lowest BCUT2D eigenvalue weighted by Gasteiger charge is -2.24. The van der Waals surface area contributed by atoms with E-state index in [-0.39, 0.29) is 12.2 Å². The lowest BCUT2D eigenvalue weighted by atomic mass is 9.98. The Balaban J connectivity index is 2.32. The molecule has 1 rings (SSSR count). The zero-order valence-electron chi connectivity index (χ0n) is 11.2. The first kappa shape index (κ1) is 14.2. The van der Waals surface area contributed by atoms with Gasteiger partial charge in [0.25, 0.3) is 0 Å². The summed E-state index contributed by atoms with van der Waals surface area (Å²) in [5, 5.41) is 8.74. The van der Waals surface area contributed by atoms with Crippen molar-refractivity contribution < 1.29 is 9.84 Å². The fourth-order valence-corrected chi connectivity index (χ4v) is 1.98. The van der Waals surface area contributed by atoms with E-state index in [0.29, 0.717) is 6.61 Å². The van der Waals surface area contributed by atoms with E-state index in [9.17, 15) is 0 Å². The van der Waals surface area contributed by atoms with Crippen LogP contribution in [0.15, 0.2) is 24.3 Å². The van der Waals surface area contributed by atoms with Crippen LogP contribution >= 0.6 is 0 Å². The van der Waals surface area contributed by atoms with E-state index in [1.165, 1.54) is 11.1 Å². The van der Waals surface area contributed by atoms with Gasteiger partial charge < -0.3 is 9.84 Å². The van der Waals surface area contributed by atoms with Crippen molar-refractivity contribution in [3.63, 3.8) is 0 Å². The van der Waals surface area contributed by atoms with Gasteiger partial charge in [0.05, 0.1) is 18.8 Å². The number of ether oxygens (including phenoxy) is 1. The minimum atomic E-state index is -0.132. The van der Waals surface area contributed by atoms with E-state index in [1.54, 1.807) is 0 Å². The number of aliphatic hydroxyl groups excluding tert-OH is 1. The summed E-state index contributed by atoms with van der Waals surface area (Å²) in [7, 11) is 0. The second-order valence-electron chi connectivity index (χ2n) is 5.17. The maximum Gasteiger partial charge on any atom is 0.0704 e. The first-order valence-electron chi connectivity index (χ1n) is 6.34. The number of aliphatic hydroxyl groups is 1. The van der Waals surface area contributed by atoms with E-state index >= 15 is 0 Å². The smallest absolute Gasteiger partial charge is 0.0704 e. The van der Waals surface area contributed by atoms with Gasteiger partial charge in [-0.25, -0.2) is 0 Å². The quantitative estimate of drug-likeness (QED) is 0.788. The van der Waals surface area contributed by atoms with Crippen LogP contribution in [-0.4, -0.2) is 23.9 Å². The lowest BCUT2D eigenvalue weighted by Crippen LogP contribution is -2.26. The molecule has 0 atom stereocenters. The van der Waals surface area contributed by atoms with Gasteiger partial charge in [0.1, 0.15) is 0 Å². The van der Waals surface area contributed by atoms with Crippen molar-refractivity contribution in [1.29, 1.82) is 0 Å². The van der Waals surface area contributed by atoms with E-state index in [0.717, 1.165) is 19.3 Å². The summed E-state index contributed by atoms with van der Waals surface area (Å²) >= 11 is 0. The summed E-state index contributed by atoms with van der Waals surface area (Å²) in [6, 6.07) is 8.64. The molecule has 0 saturated heterocycles. The van der Waals surface area contributed by atoms with Gasteiger partial charge in [0, 0.05) is 0 Å². The van der Waals surface area contributed by atoms with Gasteiger partial charge in [-0.05, 0) is 45.6 Å². The zero-order chi connectivity index (χ0) is 12.7. The molecule has 2 heteroatoms. The summed E-state index contributed by atoms with van der Waals surface area (Å²) in [6.07, 6.45) is 3.22. The average Bonchev–Trinajstić information content (AvgIpc) is 2.26. The van der Waals surface area contributed by atoms with Crippen LogP contribution < -0.4 is 0 Å². The van der Waals surface area contributed by atoms with Crippen molar-refractivity contribution >= 4 is 0 Å². The Morgan fingerprint density at radius 1 is 1.29 bits per heavy atom. The van der Waals surface area contributed by atoms with E-state index < -0.39 is 0 Å². The molecular formula is C15H24O2. The van der Waals surface area contributed by atoms with Crippen molar-refractivity contribution in [2.75, 3.05) is 13.2 Å². The van der Waals surface area contributed by atoms with Crippen molar-refractivity contribution in [2.24, 2.45) is 0 Å². The van der Waals surface area contributed by atoms with Crippen LogP contribution in [-0.2, 0) is 11.2 Å². The number of hydrogen-bond donors (Lipinski definition) is 1. The molecule has 0 saturated carbocycles. The Morgan fingerprint density at radius 2 is 2.06 bits per heavy atom. The Bertz CT molecular complexity index is 331. The fraction of sp³-hybridized carbons (Fsp3) is 0.600. The van der Waals surface area contributed by atoms with Gasteiger partial charge >= 0.3 is 0 Å². The second-order valence-corrected chi connectivity index (χ2v) is 5.17. The molecule has 0 aliphatic rings. The van der Waals surface area contributed by atoms with Crippen molar-refractivity contribution in [2.45, 2.75) is 45.6 Å². The highest BCUT2D eigenvalue weighted by molar-refractivity contribution is 5.22. The largest absolute Gasteiger partial charge is 0.394 e. The Kier molecular flexibility index (Phi) is 5.66. The highest BCUT2D eigenvalue weighted by Gasteiger charge is 2.17. The minimum absolute atomic E-state index is 0.0985. The Morgan fingerprint density at radius 3 is 2.71 bits per heavy atom. The molecule has 0 amide bonds. The monoisotopic (exact) mass is 236 g/mol. The highest BCUT2D eigenvalue weighted by Crippen LogP contribution is 2.18. The van der Waals surface area contributed by atoms with Crippen LogP contribution in [0.3, 0.4) is 0 Å². The lowest BCUT2D eigenvalue weighted by molar-refractivity contribution is -0.0390. The van der Waals surface area contributed by atoms with E-state index in [1.807, 2.05) is 0 Å². The predicted molar refractivity (Wildman–Crippen MR) is 71.2 cm³/mol. The molecule has 96 valence electrons. The molecule has 0 fully saturated rings. The van der Waals surface area contributed by atoms with Crippen LogP contribution in [0.4, 0.5) is 0 Å². The molecule has 1 aromatic carbocycles. The topological polar surface area (TPSA) is 29.5 Å². The molecule has 0 spiro atoms. The van der Waals surface area contributed by atoms with Crippen molar-refractivity contribution in [3.8, 4) is 0 Å². The third-order valence-corrected chi connectivity index (χ3v) is 2.91. The first-order chi connectivity index (χ1) is 8.03. The number of hydrogen-bond acceptors (Lipinski definition) is 2. The number of aryl methyl sites for hydroxylation is 2. The standard InChI is InChI=1S/C15H24O2/c1-13-6-4-7-14(12-13)8-5-9-15(2,3)17-11-10-16/h4,6-7,12,16H,5,8-11H2,1-3H3. The molecule has 17 heavy (non-hydrogen) atoms. The molecule has 0 radical (unpaired) electrons. The van der Waals surface area contributed by atoms with Gasteiger partial charge in [0.2, 0.25) is 0 Å². The molecule has 1 aromatic rings. The molecular weight excluding hydrogens is 212 g/mol. The van der Waals surface area contributed by atoms with Gasteiger partial charge in [-0.2, -0.15) is 0 Å². The van der Waals surface area contributed by atoms with E-state index in [4.69, 9.17) is 9.84 Å². The molecule has 0 aliphatic heterocycles.